The fraction of sp³-hybridized carbons (Fsp3) is 0.900. The van der Waals surface area contributed by atoms with E-state index in [1.807, 2.05) is 7.05 Å². The molecule has 0 radical (unpaired) electrons. The summed E-state index contributed by atoms with van der Waals surface area (Å²) in [5.74, 6) is -0.0949. The van der Waals surface area contributed by atoms with Crippen LogP contribution in [0.3, 0.4) is 0 Å². The number of morpholine rings is 1. The number of aliphatic hydroxyl groups is 1. The molecule has 5 heteroatoms. The van der Waals surface area contributed by atoms with E-state index in [2.05, 4.69) is 10.2 Å². The fourth-order valence-electron chi connectivity index (χ4n) is 1.67. The van der Waals surface area contributed by atoms with Gasteiger partial charge in [-0.05, 0) is 20.4 Å². The van der Waals surface area contributed by atoms with Crippen molar-refractivity contribution in [2.24, 2.45) is 0 Å². The number of amides is 1. The van der Waals surface area contributed by atoms with E-state index in [0.717, 1.165) is 6.54 Å². The van der Waals surface area contributed by atoms with Crippen molar-refractivity contribution in [1.82, 2.24) is 10.2 Å². The maximum absolute atomic E-state index is 11.8. The first kappa shape index (κ1) is 12.4. The predicted molar refractivity (Wildman–Crippen MR) is 56.6 cm³/mol. The van der Waals surface area contributed by atoms with Gasteiger partial charge in [-0.2, -0.15) is 0 Å². The van der Waals surface area contributed by atoms with E-state index in [1.54, 1.807) is 6.92 Å². The average molecular weight is 216 g/mol. The minimum Gasteiger partial charge on any atom is -0.396 e. The SMILES string of the molecule is CN1CCOC(C)(C(=O)NCCCO)C1. The van der Waals surface area contributed by atoms with Crippen molar-refractivity contribution >= 4 is 5.91 Å². The Bertz CT molecular complexity index is 223. The normalized spacial score (nSPS) is 27.7. The summed E-state index contributed by atoms with van der Waals surface area (Å²) < 4.78 is 5.51. The van der Waals surface area contributed by atoms with Crippen molar-refractivity contribution in [2.75, 3.05) is 39.9 Å². The van der Waals surface area contributed by atoms with Gasteiger partial charge in [-0.25, -0.2) is 0 Å². The summed E-state index contributed by atoms with van der Waals surface area (Å²) in [6.45, 7) is 4.45. The zero-order chi connectivity index (χ0) is 11.3. The molecule has 1 unspecified atom stereocenters. The Morgan fingerprint density at radius 3 is 3.00 bits per heavy atom. The number of nitrogens with zero attached hydrogens (tertiary/aromatic N) is 1. The van der Waals surface area contributed by atoms with E-state index in [1.165, 1.54) is 0 Å². The molecule has 0 aliphatic carbocycles. The van der Waals surface area contributed by atoms with Gasteiger partial charge in [0.05, 0.1) is 6.61 Å². The van der Waals surface area contributed by atoms with Gasteiger partial charge in [0, 0.05) is 26.2 Å². The van der Waals surface area contributed by atoms with Crippen LogP contribution >= 0.6 is 0 Å². The van der Waals surface area contributed by atoms with Gasteiger partial charge in [-0.15, -0.1) is 0 Å². The second-order valence-corrected chi connectivity index (χ2v) is 4.15. The van der Waals surface area contributed by atoms with E-state index >= 15 is 0 Å². The van der Waals surface area contributed by atoms with Crippen molar-refractivity contribution in [3.63, 3.8) is 0 Å². The van der Waals surface area contributed by atoms with Gasteiger partial charge in [-0.1, -0.05) is 0 Å². The minimum atomic E-state index is -0.748. The highest BCUT2D eigenvalue weighted by molar-refractivity contribution is 5.85. The quantitative estimate of drug-likeness (QED) is 0.604. The standard InChI is InChI=1S/C10H20N2O3/c1-10(8-12(2)5-7-15-10)9(14)11-4-3-6-13/h13H,3-8H2,1-2H3,(H,11,14). The molecule has 1 amide bonds. The van der Waals surface area contributed by atoms with Crippen LogP contribution in [0, 0.1) is 0 Å². The summed E-state index contributed by atoms with van der Waals surface area (Å²) in [7, 11) is 1.97. The molecule has 0 spiro atoms. The molecule has 0 bridgehead atoms. The number of ether oxygens (including phenoxy) is 1. The highest BCUT2D eigenvalue weighted by Gasteiger charge is 2.37. The molecular formula is C10H20N2O3. The molecule has 0 aromatic carbocycles. The lowest BCUT2D eigenvalue weighted by Crippen LogP contribution is -2.57. The van der Waals surface area contributed by atoms with Crippen LogP contribution in [0.4, 0.5) is 0 Å². The number of hydrogen-bond acceptors (Lipinski definition) is 4. The second kappa shape index (κ2) is 5.44. The zero-order valence-electron chi connectivity index (χ0n) is 9.45. The Morgan fingerprint density at radius 2 is 2.40 bits per heavy atom. The van der Waals surface area contributed by atoms with Crippen LogP contribution in [0.15, 0.2) is 0 Å². The third-order valence-electron chi connectivity index (χ3n) is 2.57. The Hall–Kier alpha value is -0.650. The Kier molecular flexibility index (Phi) is 4.50. The summed E-state index contributed by atoms with van der Waals surface area (Å²) in [4.78, 5) is 13.9. The highest BCUT2D eigenvalue weighted by Crippen LogP contribution is 2.16. The lowest BCUT2D eigenvalue weighted by molar-refractivity contribution is -0.155. The van der Waals surface area contributed by atoms with E-state index in [4.69, 9.17) is 9.84 Å². The lowest BCUT2D eigenvalue weighted by atomic mass is 10.0. The summed E-state index contributed by atoms with van der Waals surface area (Å²) in [6, 6.07) is 0. The van der Waals surface area contributed by atoms with Gasteiger partial charge in [0.1, 0.15) is 0 Å². The van der Waals surface area contributed by atoms with E-state index in [-0.39, 0.29) is 12.5 Å². The summed E-state index contributed by atoms with van der Waals surface area (Å²) in [5, 5.41) is 11.4. The molecule has 5 nitrogen and oxygen atoms in total. The topological polar surface area (TPSA) is 61.8 Å². The predicted octanol–water partition coefficient (Wildman–Crippen LogP) is -0.794. The summed E-state index contributed by atoms with van der Waals surface area (Å²) in [5.41, 5.74) is -0.748. The first-order chi connectivity index (χ1) is 7.08. The van der Waals surface area contributed by atoms with E-state index < -0.39 is 5.60 Å². The molecule has 2 N–H and O–H groups in total. The number of aliphatic hydroxyl groups excluding tert-OH is 1. The number of hydrogen-bond donors (Lipinski definition) is 2. The highest BCUT2D eigenvalue weighted by atomic mass is 16.5. The molecule has 0 aromatic rings. The first-order valence-electron chi connectivity index (χ1n) is 5.30. The van der Waals surface area contributed by atoms with Crippen LogP contribution in [-0.2, 0) is 9.53 Å². The first-order valence-corrected chi connectivity index (χ1v) is 5.30. The number of nitrogens with one attached hydrogen (secondary N) is 1. The largest absolute Gasteiger partial charge is 0.396 e. The van der Waals surface area contributed by atoms with Crippen molar-refractivity contribution in [1.29, 1.82) is 0 Å². The Balaban J connectivity index is 2.41. The van der Waals surface area contributed by atoms with Crippen molar-refractivity contribution in [3.8, 4) is 0 Å². The summed E-state index contributed by atoms with van der Waals surface area (Å²) in [6.07, 6.45) is 0.581. The Morgan fingerprint density at radius 1 is 1.67 bits per heavy atom. The monoisotopic (exact) mass is 216 g/mol. The molecule has 0 saturated carbocycles. The van der Waals surface area contributed by atoms with Crippen LogP contribution in [0.2, 0.25) is 0 Å². The van der Waals surface area contributed by atoms with Gasteiger partial charge < -0.3 is 20.1 Å². The molecular weight excluding hydrogens is 196 g/mol. The van der Waals surface area contributed by atoms with Crippen molar-refractivity contribution in [3.05, 3.63) is 0 Å². The van der Waals surface area contributed by atoms with Gasteiger partial charge in [0.25, 0.3) is 5.91 Å². The maximum atomic E-state index is 11.8. The van der Waals surface area contributed by atoms with Gasteiger partial charge in [0.15, 0.2) is 5.60 Å². The van der Waals surface area contributed by atoms with E-state index in [9.17, 15) is 4.79 Å². The second-order valence-electron chi connectivity index (χ2n) is 4.15. The average Bonchev–Trinajstić information content (AvgIpc) is 2.17. The Labute approximate surface area is 90.4 Å². The van der Waals surface area contributed by atoms with Crippen molar-refractivity contribution in [2.45, 2.75) is 18.9 Å². The molecule has 1 rings (SSSR count). The fourth-order valence-corrected chi connectivity index (χ4v) is 1.67. The molecule has 15 heavy (non-hydrogen) atoms. The molecule has 0 aromatic heterocycles. The molecule has 1 heterocycles. The maximum Gasteiger partial charge on any atom is 0.253 e. The molecule has 1 aliphatic heterocycles. The number of rotatable bonds is 4. The van der Waals surface area contributed by atoms with Crippen LogP contribution < -0.4 is 5.32 Å². The number of carbonyl (C=O) groups is 1. The van der Waals surface area contributed by atoms with E-state index in [0.29, 0.717) is 26.1 Å². The minimum absolute atomic E-state index is 0.0949. The smallest absolute Gasteiger partial charge is 0.253 e. The van der Waals surface area contributed by atoms with Gasteiger partial charge in [0.2, 0.25) is 0 Å². The zero-order valence-corrected chi connectivity index (χ0v) is 9.45. The number of carbonyl (C=O) groups excluding carboxylic acids is 1. The molecule has 1 fully saturated rings. The third-order valence-corrected chi connectivity index (χ3v) is 2.57. The molecule has 88 valence electrons. The molecule has 1 saturated heterocycles. The third kappa shape index (κ3) is 3.44. The van der Waals surface area contributed by atoms with Gasteiger partial charge in [-0.3, -0.25) is 4.79 Å². The summed E-state index contributed by atoms with van der Waals surface area (Å²) >= 11 is 0. The van der Waals surface area contributed by atoms with Crippen LogP contribution in [-0.4, -0.2) is 61.4 Å². The van der Waals surface area contributed by atoms with Crippen LogP contribution in [0.25, 0.3) is 0 Å². The van der Waals surface area contributed by atoms with Gasteiger partial charge >= 0.3 is 0 Å². The number of likely N-dealkylation sites (N-methyl/N-ethyl adjacent to an activating group) is 1. The lowest BCUT2D eigenvalue weighted by Gasteiger charge is -2.37. The van der Waals surface area contributed by atoms with Crippen molar-refractivity contribution < 1.29 is 14.6 Å². The molecule has 1 aliphatic rings. The van der Waals surface area contributed by atoms with Crippen LogP contribution in [0.1, 0.15) is 13.3 Å². The van der Waals surface area contributed by atoms with Crippen LogP contribution in [0.5, 0.6) is 0 Å². The molecule has 1 atom stereocenters.